The van der Waals surface area contributed by atoms with Crippen LogP contribution in [0.25, 0.3) is 0 Å². The molecule has 0 radical (unpaired) electrons. The Kier molecular flexibility index (Phi) is 6.11. The van der Waals surface area contributed by atoms with Crippen molar-refractivity contribution >= 4 is 29.5 Å². The SMILES string of the molecule is CCCC[O][Sn]([c]1ccccc1)([c]1ccccc1)[c]1ccccc1. The van der Waals surface area contributed by atoms with Crippen LogP contribution in [0.5, 0.6) is 0 Å². The molecule has 0 atom stereocenters. The zero-order chi connectivity index (χ0) is 16.7. The Bertz CT molecular complexity index is 629. The molecule has 3 aromatic rings. The predicted molar refractivity (Wildman–Crippen MR) is 105 cm³/mol. The van der Waals surface area contributed by atoms with Gasteiger partial charge >= 0.3 is 150 Å². The van der Waals surface area contributed by atoms with Crippen LogP contribution in [0.2, 0.25) is 0 Å². The molecule has 0 spiro atoms. The fourth-order valence-electron chi connectivity index (χ4n) is 3.14. The molecule has 1 nitrogen and oxygen atoms in total. The third-order valence-electron chi connectivity index (χ3n) is 4.36. The maximum atomic E-state index is 6.84. The second-order valence-electron chi connectivity index (χ2n) is 5.98. The van der Waals surface area contributed by atoms with Gasteiger partial charge in [-0.3, -0.25) is 0 Å². The van der Waals surface area contributed by atoms with Crippen molar-refractivity contribution in [2.75, 3.05) is 6.61 Å². The molecule has 0 N–H and O–H groups in total. The molecule has 0 aromatic heterocycles. The molecule has 0 amide bonds. The number of hydrogen-bond acceptors (Lipinski definition) is 1. The third-order valence-corrected chi connectivity index (χ3v) is 16.0. The van der Waals surface area contributed by atoms with E-state index in [1.165, 1.54) is 10.7 Å². The molecule has 0 unspecified atom stereocenters. The first-order valence-corrected chi connectivity index (χ1v) is 14.1. The summed E-state index contributed by atoms with van der Waals surface area (Å²) >= 11 is -3.43. The average Bonchev–Trinajstić information content (AvgIpc) is 2.68. The quantitative estimate of drug-likeness (QED) is 0.418. The van der Waals surface area contributed by atoms with Gasteiger partial charge in [0.25, 0.3) is 0 Å². The summed E-state index contributed by atoms with van der Waals surface area (Å²) in [4.78, 5) is 0. The van der Waals surface area contributed by atoms with Crippen LogP contribution < -0.4 is 10.7 Å². The summed E-state index contributed by atoms with van der Waals surface area (Å²) in [6.07, 6.45) is 2.26. The van der Waals surface area contributed by atoms with E-state index in [4.69, 9.17) is 3.07 Å². The second kappa shape index (κ2) is 8.50. The molecule has 0 heterocycles. The Hall–Kier alpha value is -1.58. The molecular weight excluding hydrogens is 399 g/mol. The van der Waals surface area contributed by atoms with Crippen molar-refractivity contribution in [3.8, 4) is 0 Å². The molecule has 122 valence electrons. The number of rotatable bonds is 7. The van der Waals surface area contributed by atoms with Crippen LogP contribution in [0.4, 0.5) is 0 Å². The van der Waals surface area contributed by atoms with Crippen LogP contribution in [-0.4, -0.2) is 25.4 Å². The molecule has 0 aliphatic carbocycles. The van der Waals surface area contributed by atoms with Gasteiger partial charge in [0, 0.05) is 0 Å². The Labute approximate surface area is 149 Å². The van der Waals surface area contributed by atoms with E-state index >= 15 is 0 Å². The van der Waals surface area contributed by atoms with Gasteiger partial charge < -0.3 is 0 Å². The van der Waals surface area contributed by atoms with Gasteiger partial charge in [-0.25, -0.2) is 0 Å². The van der Waals surface area contributed by atoms with Crippen LogP contribution in [-0.2, 0) is 3.07 Å². The summed E-state index contributed by atoms with van der Waals surface area (Å²) in [5.41, 5.74) is 0. The zero-order valence-corrected chi connectivity index (χ0v) is 17.0. The number of hydrogen-bond donors (Lipinski definition) is 0. The van der Waals surface area contributed by atoms with Crippen LogP contribution in [0.1, 0.15) is 19.8 Å². The Morgan fingerprint density at radius 3 is 1.33 bits per heavy atom. The van der Waals surface area contributed by atoms with E-state index in [0.29, 0.717) is 0 Å². The molecule has 0 fully saturated rings. The first kappa shape index (κ1) is 17.2. The summed E-state index contributed by atoms with van der Waals surface area (Å²) in [5, 5.41) is 0. The molecule has 3 rings (SSSR count). The predicted octanol–water partition coefficient (Wildman–Crippen LogP) is 3.47. The normalized spacial score (nSPS) is 11.4. The molecule has 0 aliphatic heterocycles. The van der Waals surface area contributed by atoms with Crippen molar-refractivity contribution in [3.05, 3.63) is 91.0 Å². The van der Waals surface area contributed by atoms with E-state index in [-0.39, 0.29) is 0 Å². The topological polar surface area (TPSA) is 9.23 Å². The fourth-order valence-corrected chi connectivity index (χ4v) is 14.4. The summed E-state index contributed by atoms with van der Waals surface area (Å²) < 4.78 is 11.0. The van der Waals surface area contributed by atoms with E-state index in [1.54, 1.807) is 0 Å². The number of unbranched alkanes of at least 4 members (excludes halogenated alkanes) is 1. The van der Waals surface area contributed by atoms with Crippen LogP contribution in [0.3, 0.4) is 0 Å². The summed E-state index contributed by atoms with van der Waals surface area (Å²) in [6, 6.07) is 32.6. The van der Waals surface area contributed by atoms with E-state index in [0.717, 1.165) is 19.4 Å². The summed E-state index contributed by atoms with van der Waals surface area (Å²) in [7, 11) is 0. The van der Waals surface area contributed by atoms with Crippen LogP contribution >= 0.6 is 0 Å². The first-order valence-electron chi connectivity index (χ1n) is 8.68. The van der Waals surface area contributed by atoms with Gasteiger partial charge in [0.2, 0.25) is 0 Å². The third kappa shape index (κ3) is 3.57. The van der Waals surface area contributed by atoms with Crippen LogP contribution in [0, 0.1) is 0 Å². The first-order chi connectivity index (χ1) is 11.9. The minimum absolute atomic E-state index is 0.825. The van der Waals surface area contributed by atoms with Gasteiger partial charge in [-0.1, -0.05) is 0 Å². The maximum absolute atomic E-state index is 6.84. The molecule has 0 saturated heterocycles. The molecule has 24 heavy (non-hydrogen) atoms. The Morgan fingerprint density at radius 2 is 1.00 bits per heavy atom. The van der Waals surface area contributed by atoms with E-state index in [2.05, 4.69) is 97.9 Å². The van der Waals surface area contributed by atoms with Crippen molar-refractivity contribution in [1.29, 1.82) is 0 Å². The molecule has 0 saturated carbocycles. The molecule has 0 bridgehead atoms. The zero-order valence-electron chi connectivity index (χ0n) is 14.2. The molecule has 0 aliphatic rings. The van der Waals surface area contributed by atoms with Gasteiger partial charge in [0.15, 0.2) is 0 Å². The van der Waals surface area contributed by atoms with Crippen molar-refractivity contribution in [1.82, 2.24) is 0 Å². The second-order valence-corrected chi connectivity index (χ2v) is 15.6. The van der Waals surface area contributed by atoms with Crippen molar-refractivity contribution in [2.24, 2.45) is 0 Å². The van der Waals surface area contributed by atoms with Crippen LogP contribution in [0.15, 0.2) is 91.0 Å². The van der Waals surface area contributed by atoms with E-state index in [9.17, 15) is 0 Å². The molecule has 2 heteroatoms. The molecule has 3 aromatic carbocycles. The van der Waals surface area contributed by atoms with Gasteiger partial charge in [-0.2, -0.15) is 0 Å². The number of benzene rings is 3. The summed E-state index contributed by atoms with van der Waals surface area (Å²) in [6.45, 7) is 3.04. The van der Waals surface area contributed by atoms with Gasteiger partial charge in [0.05, 0.1) is 0 Å². The Balaban J connectivity index is 2.20. The van der Waals surface area contributed by atoms with E-state index in [1.807, 2.05) is 0 Å². The summed E-state index contributed by atoms with van der Waals surface area (Å²) in [5.74, 6) is 0. The monoisotopic (exact) mass is 424 g/mol. The fraction of sp³-hybridized carbons (Fsp3) is 0.182. The average molecular weight is 423 g/mol. The standard InChI is InChI=1S/3C6H5.C4H9O.Sn/c3*1-2-4-6-5-3-1;1-2-3-4-5;/h3*1-5H;2-4H2,1H3;/q;;;-1;+1. The minimum atomic E-state index is -3.43. The Morgan fingerprint density at radius 1 is 0.625 bits per heavy atom. The van der Waals surface area contributed by atoms with Gasteiger partial charge in [0.1, 0.15) is 0 Å². The molecular formula is C22H24OSn. The van der Waals surface area contributed by atoms with Gasteiger partial charge in [-0.15, -0.1) is 0 Å². The van der Waals surface area contributed by atoms with E-state index < -0.39 is 18.8 Å². The van der Waals surface area contributed by atoms with Crippen molar-refractivity contribution in [3.63, 3.8) is 0 Å². The van der Waals surface area contributed by atoms with Crippen molar-refractivity contribution < 1.29 is 3.07 Å². The van der Waals surface area contributed by atoms with Gasteiger partial charge in [-0.05, 0) is 0 Å². The van der Waals surface area contributed by atoms with Crippen molar-refractivity contribution in [2.45, 2.75) is 19.8 Å².